The highest BCUT2D eigenvalue weighted by atomic mass is 32.2. The summed E-state index contributed by atoms with van der Waals surface area (Å²) >= 11 is 2.54. The van der Waals surface area contributed by atoms with Crippen LogP contribution in [0.5, 0.6) is 0 Å². The quantitative estimate of drug-likeness (QED) is 0.787. The molecule has 1 aromatic heterocycles. The molecule has 1 heterocycles. The predicted molar refractivity (Wildman–Crippen MR) is 84.4 cm³/mol. The van der Waals surface area contributed by atoms with Gasteiger partial charge in [-0.05, 0) is 26.0 Å². The molecule has 2 N–H and O–H groups in total. The first kappa shape index (κ1) is 16.6. The molecule has 0 aliphatic carbocycles. The van der Waals surface area contributed by atoms with Gasteiger partial charge < -0.3 is 10.6 Å². The summed E-state index contributed by atoms with van der Waals surface area (Å²) in [5.41, 5.74) is -0.0496. The molecule has 0 aliphatic heterocycles. The third kappa shape index (κ3) is 4.92. The van der Waals surface area contributed by atoms with Gasteiger partial charge in [-0.25, -0.2) is 8.78 Å². The average molecular weight is 344 g/mol. The SMILES string of the molecule is CC(C)Nc1nnc(SCC(=O)Nc2ccc(F)cc2F)s1. The second kappa shape index (κ2) is 7.50. The molecule has 0 atom stereocenters. The van der Waals surface area contributed by atoms with Gasteiger partial charge in [0, 0.05) is 12.1 Å². The first-order chi connectivity index (χ1) is 10.4. The van der Waals surface area contributed by atoms with Crippen LogP contribution in [0.3, 0.4) is 0 Å². The number of hydrogen-bond acceptors (Lipinski definition) is 6. The summed E-state index contributed by atoms with van der Waals surface area (Å²) in [7, 11) is 0. The highest BCUT2D eigenvalue weighted by Gasteiger charge is 2.11. The second-order valence-corrected chi connectivity index (χ2v) is 6.83. The van der Waals surface area contributed by atoms with E-state index in [0.717, 1.165) is 12.1 Å². The number of benzene rings is 1. The lowest BCUT2D eigenvalue weighted by Gasteiger charge is -2.05. The maximum absolute atomic E-state index is 13.4. The van der Waals surface area contributed by atoms with Crippen LogP contribution in [0, 0.1) is 11.6 Å². The van der Waals surface area contributed by atoms with E-state index in [-0.39, 0.29) is 17.5 Å². The number of anilines is 2. The van der Waals surface area contributed by atoms with Crippen molar-refractivity contribution < 1.29 is 13.6 Å². The standard InChI is InChI=1S/C13H14F2N4OS2/c1-7(2)16-12-18-19-13(22-12)21-6-11(20)17-10-4-3-8(14)5-9(10)15/h3-5,7H,6H2,1-2H3,(H,16,18)(H,17,20). The molecule has 0 spiro atoms. The molecule has 2 aromatic rings. The van der Waals surface area contributed by atoms with E-state index in [1.54, 1.807) is 0 Å². The summed E-state index contributed by atoms with van der Waals surface area (Å²) in [6.07, 6.45) is 0. The van der Waals surface area contributed by atoms with Crippen LogP contribution in [0.2, 0.25) is 0 Å². The van der Waals surface area contributed by atoms with E-state index < -0.39 is 17.5 Å². The van der Waals surface area contributed by atoms with Crippen LogP contribution in [0.1, 0.15) is 13.8 Å². The van der Waals surface area contributed by atoms with Crippen molar-refractivity contribution in [3.63, 3.8) is 0 Å². The summed E-state index contributed by atoms with van der Waals surface area (Å²) < 4.78 is 26.8. The third-order valence-corrected chi connectivity index (χ3v) is 4.34. The second-order valence-electron chi connectivity index (χ2n) is 4.63. The van der Waals surface area contributed by atoms with Crippen LogP contribution in [-0.2, 0) is 4.79 Å². The topological polar surface area (TPSA) is 66.9 Å². The highest BCUT2D eigenvalue weighted by Crippen LogP contribution is 2.26. The molecule has 0 unspecified atom stereocenters. The number of hydrogen-bond donors (Lipinski definition) is 2. The van der Waals surface area contributed by atoms with E-state index in [2.05, 4.69) is 20.8 Å². The molecule has 22 heavy (non-hydrogen) atoms. The number of nitrogens with one attached hydrogen (secondary N) is 2. The van der Waals surface area contributed by atoms with E-state index in [4.69, 9.17) is 0 Å². The van der Waals surface area contributed by atoms with Crippen LogP contribution < -0.4 is 10.6 Å². The molecule has 1 aromatic carbocycles. The summed E-state index contributed by atoms with van der Waals surface area (Å²) in [5.74, 6) is -1.83. The first-order valence-electron chi connectivity index (χ1n) is 6.42. The number of rotatable bonds is 6. The lowest BCUT2D eigenvalue weighted by Crippen LogP contribution is -2.15. The van der Waals surface area contributed by atoms with Gasteiger partial charge in [0.2, 0.25) is 11.0 Å². The van der Waals surface area contributed by atoms with Gasteiger partial charge in [-0.3, -0.25) is 4.79 Å². The Balaban J connectivity index is 1.86. The maximum Gasteiger partial charge on any atom is 0.234 e. The zero-order valence-corrected chi connectivity index (χ0v) is 13.5. The summed E-state index contributed by atoms with van der Waals surface area (Å²) in [5, 5.41) is 14.1. The van der Waals surface area contributed by atoms with Crippen LogP contribution in [-0.4, -0.2) is 27.9 Å². The maximum atomic E-state index is 13.4. The number of thioether (sulfide) groups is 1. The van der Waals surface area contributed by atoms with Crippen molar-refractivity contribution in [2.45, 2.75) is 24.2 Å². The van der Waals surface area contributed by atoms with E-state index >= 15 is 0 Å². The Bertz CT molecular complexity index is 663. The minimum atomic E-state index is -0.808. The lowest BCUT2D eigenvalue weighted by atomic mass is 10.3. The number of amides is 1. The number of nitrogens with zero attached hydrogens (tertiary/aromatic N) is 2. The Morgan fingerprint density at radius 1 is 1.36 bits per heavy atom. The molecule has 0 aliphatic rings. The van der Waals surface area contributed by atoms with Crippen molar-refractivity contribution in [3.8, 4) is 0 Å². The Kier molecular flexibility index (Phi) is 5.67. The van der Waals surface area contributed by atoms with Crippen molar-refractivity contribution in [2.24, 2.45) is 0 Å². The molecular weight excluding hydrogens is 330 g/mol. The monoisotopic (exact) mass is 344 g/mol. The number of aromatic nitrogens is 2. The summed E-state index contributed by atoms with van der Waals surface area (Å²) in [4.78, 5) is 11.8. The third-order valence-electron chi connectivity index (χ3n) is 2.35. The predicted octanol–water partition coefficient (Wildman–Crippen LogP) is 3.37. The zero-order chi connectivity index (χ0) is 16.1. The van der Waals surface area contributed by atoms with E-state index in [1.165, 1.54) is 29.2 Å². The normalized spacial score (nSPS) is 10.8. The average Bonchev–Trinajstić information content (AvgIpc) is 2.86. The van der Waals surface area contributed by atoms with E-state index in [0.29, 0.717) is 9.47 Å². The molecule has 0 radical (unpaired) electrons. The van der Waals surface area contributed by atoms with Gasteiger partial charge >= 0.3 is 0 Å². The molecule has 0 saturated heterocycles. The number of halogens is 2. The minimum absolute atomic E-state index is 0.0496. The Morgan fingerprint density at radius 2 is 2.14 bits per heavy atom. The molecule has 9 heteroatoms. The van der Waals surface area contributed by atoms with Gasteiger partial charge in [0.15, 0.2) is 4.34 Å². The van der Waals surface area contributed by atoms with Crippen molar-refractivity contribution in [3.05, 3.63) is 29.8 Å². The van der Waals surface area contributed by atoms with E-state index in [1.807, 2.05) is 13.8 Å². The van der Waals surface area contributed by atoms with Crippen LogP contribution in [0.25, 0.3) is 0 Å². The Morgan fingerprint density at radius 3 is 2.82 bits per heavy atom. The fourth-order valence-electron chi connectivity index (χ4n) is 1.48. The fourth-order valence-corrected chi connectivity index (χ4v) is 3.18. The molecule has 118 valence electrons. The van der Waals surface area contributed by atoms with Crippen molar-refractivity contribution in [1.82, 2.24) is 10.2 Å². The van der Waals surface area contributed by atoms with Crippen molar-refractivity contribution in [1.29, 1.82) is 0 Å². The summed E-state index contributed by atoms with van der Waals surface area (Å²) in [6, 6.07) is 3.23. The van der Waals surface area contributed by atoms with E-state index in [9.17, 15) is 13.6 Å². The van der Waals surface area contributed by atoms with Gasteiger partial charge in [0.25, 0.3) is 0 Å². The minimum Gasteiger partial charge on any atom is -0.358 e. The molecule has 5 nitrogen and oxygen atoms in total. The highest BCUT2D eigenvalue weighted by molar-refractivity contribution is 8.01. The molecule has 0 saturated carbocycles. The first-order valence-corrected chi connectivity index (χ1v) is 8.22. The lowest BCUT2D eigenvalue weighted by molar-refractivity contribution is -0.113. The van der Waals surface area contributed by atoms with Gasteiger partial charge in [-0.2, -0.15) is 0 Å². The van der Waals surface area contributed by atoms with Crippen molar-refractivity contribution in [2.75, 3.05) is 16.4 Å². The number of carbonyl (C=O) groups excluding carboxylic acids is 1. The number of carbonyl (C=O) groups is 1. The van der Waals surface area contributed by atoms with Crippen molar-refractivity contribution >= 4 is 39.8 Å². The smallest absolute Gasteiger partial charge is 0.234 e. The Labute approximate surface area is 134 Å². The van der Waals surface area contributed by atoms with Crippen LogP contribution in [0.15, 0.2) is 22.5 Å². The van der Waals surface area contributed by atoms with Gasteiger partial charge in [0.1, 0.15) is 11.6 Å². The van der Waals surface area contributed by atoms with Gasteiger partial charge in [-0.1, -0.05) is 23.1 Å². The molecular formula is C13H14F2N4OS2. The molecule has 0 bridgehead atoms. The zero-order valence-electron chi connectivity index (χ0n) is 11.9. The summed E-state index contributed by atoms with van der Waals surface area (Å²) in [6.45, 7) is 3.97. The van der Waals surface area contributed by atoms with Crippen LogP contribution in [0.4, 0.5) is 19.6 Å². The molecule has 2 rings (SSSR count). The molecule has 0 fully saturated rings. The Hall–Kier alpha value is -1.74. The fraction of sp³-hybridized carbons (Fsp3) is 0.308. The molecule has 1 amide bonds. The van der Waals surface area contributed by atoms with Crippen LogP contribution >= 0.6 is 23.1 Å². The van der Waals surface area contributed by atoms with Gasteiger partial charge in [-0.15, -0.1) is 10.2 Å². The van der Waals surface area contributed by atoms with Gasteiger partial charge in [0.05, 0.1) is 11.4 Å². The largest absolute Gasteiger partial charge is 0.358 e.